The number of carbonyl (C=O) groups is 3. The second-order valence-electron chi connectivity index (χ2n) is 15.0. The Balaban J connectivity index is 0.779. The van der Waals surface area contributed by atoms with Gasteiger partial charge in [-0.15, -0.1) is 0 Å². The summed E-state index contributed by atoms with van der Waals surface area (Å²) in [5, 5.41) is 13.4. The number of nitrogens with one attached hydrogen (secondary N) is 2. The molecule has 1 atom stereocenters. The first kappa shape index (κ1) is 39.3. The number of imidazole rings is 1. The van der Waals surface area contributed by atoms with E-state index in [9.17, 15) is 28.0 Å². The van der Waals surface area contributed by atoms with Crippen LogP contribution in [0.3, 0.4) is 0 Å². The number of nitrogens with zero attached hydrogens (tertiary/aromatic N) is 9. The number of morpholine rings is 1. The molecule has 2 N–H and O–H groups in total. The third kappa shape index (κ3) is 8.23. The number of piperidine rings is 2. The number of imide groups is 1. The summed E-state index contributed by atoms with van der Waals surface area (Å²) < 4.78 is 45.7. The van der Waals surface area contributed by atoms with Crippen LogP contribution in [-0.4, -0.2) is 115 Å². The third-order valence-electron chi connectivity index (χ3n) is 11.3. The van der Waals surface area contributed by atoms with Crippen molar-refractivity contribution in [1.82, 2.24) is 43.7 Å². The van der Waals surface area contributed by atoms with E-state index in [-0.39, 0.29) is 35.3 Å². The highest BCUT2D eigenvalue weighted by Crippen LogP contribution is 2.31. The van der Waals surface area contributed by atoms with E-state index in [2.05, 4.69) is 35.6 Å². The van der Waals surface area contributed by atoms with E-state index in [0.29, 0.717) is 62.9 Å². The number of fused-ring (bicyclic) bond motifs is 2. The number of aromatic nitrogens is 7. The van der Waals surface area contributed by atoms with Gasteiger partial charge in [-0.2, -0.15) is 10.2 Å². The molecule has 1 unspecified atom stereocenters. The Labute approximate surface area is 331 Å². The van der Waals surface area contributed by atoms with Crippen molar-refractivity contribution in [1.29, 1.82) is 0 Å². The van der Waals surface area contributed by atoms with Gasteiger partial charge in [0, 0.05) is 71.8 Å². The minimum absolute atomic E-state index is 0.0294. The van der Waals surface area contributed by atoms with Crippen molar-refractivity contribution in [2.75, 3.05) is 69.4 Å². The van der Waals surface area contributed by atoms with Crippen molar-refractivity contribution >= 4 is 45.9 Å². The van der Waals surface area contributed by atoms with Crippen LogP contribution in [0, 0.1) is 0 Å². The molecule has 0 bridgehead atoms. The van der Waals surface area contributed by atoms with Gasteiger partial charge in [0.25, 0.3) is 12.3 Å². The van der Waals surface area contributed by atoms with E-state index in [4.69, 9.17) is 9.47 Å². The molecular weight excluding hydrogens is 756 g/mol. The van der Waals surface area contributed by atoms with E-state index in [0.717, 1.165) is 62.8 Å². The van der Waals surface area contributed by atoms with Crippen molar-refractivity contribution in [3.8, 4) is 0 Å². The number of hydrogen-bond donors (Lipinski definition) is 2. The molecular formula is C39H47F2N11O6. The summed E-state index contributed by atoms with van der Waals surface area (Å²) in [6.07, 6.45) is 6.11. The van der Waals surface area contributed by atoms with Crippen LogP contribution in [0.5, 0.6) is 0 Å². The molecule has 58 heavy (non-hydrogen) atoms. The van der Waals surface area contributed by atoms with Gasteiger partial charge in [0.2, 0.25) is 11.8 Å². The van der Waals surface area contributed by atoms with Crippen molar-refractivity contribution in [2.45, 2.75) is 63.5 Å². The van der Waals surface area contributed by atoms with E-state index in [1.807, 2.05) is 24.3 Å². The molecule has 3 saturated heterocycles. The van der Waals surface area contributed by atoms with Gasteiger partial charge in [0.1, 0.15) is 17.4 Å². The van der Waals surface area contributed by atoms with E-state index in [1.165, 1.54) is 21.5 Å². The van der Waals surface area contributed by atoms with Gasteiger partial charge in [-0.3, -0.25) is 33.5 Å². The summed E-state index contributed by atoms with van der Waals surface area (Å²) >= 11 is 0. The monoisotopic (exact) mass is 803 g/mol. The van der Waals surface area contributed by atoms with Crippen molar-refractivity contribution in [2.24, 2.45) is 7.05 Å². The van der Waals surface area contributed by atoms with Crippen molar-refractivity contribution in [3.05, 3.63) is 70.2 Å². The number of hydrogen-bond acceptors (Lipinski definition) is 11. The molecule has 8 rings (SSSR count). The Morgan fingerprint density at radius 2 is 1.83 bits per heavy atom. The molecule has 3 aliphatic heterocycles. The number of benzene rings is 1. The standard InChI is InChI=1S/C39H47F2N11O6/c1-47-31-22-25(5-6-29(31)52(39(47)56)30-7-8-33(53)45-38(30)55)4-2-18-57-19-3-12-48-13-9-26(10-14-48)51-24-28(34(46-51)35(40)41)43-37(54)27-23-42-50-15-11-32(44-36(27)50)49-16-20-58-21-17-49/h5-6,11,15,22-24,26,30,35H,2-4,7-10,12-14,16-21H2,1H3,(H,43,54)(H,45,53,55). The fourth-order valence-electron chi connectivity index (χ4n) is 8.10. The van der Waals surface area contributed by atoms with E-state index in [1.54, 1.807) is 22.5 Å². The smallest absolute Gasteiger partial charge is 0.329 e. The van der Waals surface area contributed by atoms with Gasteiger partial charge < -0.3 is 24.6 Å². The number of carbonyl (C=O) groups excluding carboxylic acids is 3. The van der Waals surface area contributed by atoms with Crippen LogP contribution < -0.4 is 21.2 Å². The summed E-state index contributed by atoms with van der Waals surface area (Å²) in [5.74, 6) is -0.675. The summed E-state index contributed by atoms with van der Waals surface area (Å²) in [6.45, 7) is 6.12. The normalized spacial score (nSPS) is 18.5. The molecule has 0 radical (unpaired) electrons. The van der Waals surface area contributed by atoms with Gasteiger partial charge in [0.05, 0.1) is 42.2 Å². The Morgan fingerprint density at radius 1 is 1.03 bits per heavy atom. The molecule has 1 aromatic carbocycles. The van der Waals surface area contributed by atoms with Gasteiger partial charge in [-0.05, 0) is 62.3 Å². The molecule has 0 aliphatic carbocycles. The molecule has 0 spiro atoms. The lowest BCUT2D eigenvalue weighted by atomic mass is 10.1. The third-order valence-corrected chi connectivity index (χ3v) is 11.3. The van der Waals surface area contributed by atoms with Crippen LogP contribution in [0.25, 0.3) is 16.7 Å². The molecule has 4 aromatic heterocycles. The van der Waals surface area contributed by atoms with Gasteiger partial charge in [0.15, 0.2) is 11.3 Å². The fraction of sp³-hybridized carbons (Fsp3) is 0.513. The van der Waals surface area contributed by atoms with Gasteiger partial charge in [-0.25, -0.2) is 23.1 Å². The van der Waals surface area contributed by atoms with Gasteiger partial charge >= 0.3 is 5.69 Å². The number of likely N-dealkylation sites (tertiary alicyclic amines) is 1. The Hall–Kier alpha value is -5.53. The highest BCUT2D eigenvalue weighted by Gasteiger charge is 2.32. The number of anilines is 2. The van der Waals surface area contributed by atoms with E-state index >= 15 is 0 Å². The molecule has 3 fully saturated rings. The van der Waals surface area contributed by atoms with Crippen LogP contribution in [0.15, 0.2) is 47.7 Å². The molecule has 3 aliphatic rings. The molecule has 308 valence electrons. The number of alkyl halides is 2. The average molecular weight is 804 g/mol. The first-order valence-corrected chi connectivity index (χ1v) is 19.8. The predicted octanol–water partition coefficient (Wildman–Crippen LogP) is 3.26. The minimum atomic E-state index is -2.87. The van der Waals surface area contributed by atoms with Crippen molar-refractivity contribution < 1.29 is 32.6 Å². The number of amides is 3. The first-order chi connectivity index (χ1) is 28.1. The summed E-state index contributed by atoms with van der Waals surface area (Å²) in [4.78, 5) is 59.6. The zero-order chi connectivity index (χ0) is 40.3. The number of halogens is 2. The Kier molecular flexibility index (Phi) is 11.6. The Morgan fingerprint density at radius 3 is 2.60 bits per heavy atom. The van der Waals surface area contributed by atoms with Crippen LogP contribution in [0.1, 0.15) is 78.6 Å². The Bertz CT molecular complexity index is 2360. The van der Waals surface area contributed by atoms with Crippen LogP contribution >= 0.6 is 0 Å². The maximum Gasteiger partial charge on any atom is 0.329 e. The highest BCUT2D eigenvalue weighted by atomic mass is 19.3. The minimum Gasteiger partial charge on any atom is -0.381 e. The SMILES string of the molecule is Cn1c(=O)n(C2CCC(=O)NC2=O)c2ccc(CCCOCCCN3CCC(n4cc(NC(=O)c5cnn6ccc(N7CCOCC7)nc56)c(C(F)F)n4)CC3)cc21. The number of aryl methyl sites for hydroxylation is 2. The maximum absolute atomic E-state index is 14.2. The zero-order valence-electron chi connectivity index (χ0n) is 32.3. The quantitative estimate of drug-likeness (QED) is 0.125. The molecule has 17 nitrogen and oxygen atoms in total. The largest absolute Gasteiger partial charge is 0.381 e. The highest BCUT2D eigenvalue weighted by molar-refractivity contribution is 6.08. The molecule has 19 heteroatoms. The number of ether oxygens (including phenoxy) is 2. The molecule has 0 saturated carbocycles. The summed E-state index contributed by atoms with van der Waals surface area (Å²) in [6, 6.07) is 6.83. The maximum atomic E-state index is 14.2. The zero-order valence-corrected chi connectivity index (χ0v) is 32.3. The lowest BCUT2D eigenvalue weighted by Gasteiger charge is -2.32. The van der Waals surface area contributed by atoms with E-state index < -0.39 is 30.0 Å². The lowest BCUT2D eigenvalue weighted by molar-refractivity contribution is -0.135. The lowest BCUT2D eigenvalue weighted by Crippen LogP contribution is -2.44. The topological polar surface area (TPSA) is 175 Å². The molecule has 5 aromatic rings. The van der Waals surface area contributed by atoms with Crippen molar-refractivity contribution in [3.63, 3.8) is 0 Å². The predicted molar refractivity (Wildman–Crippen MR) is 208 cm³/mol. The van der Waals surface area contributed by atoms with Crippen LogP contribution in [0.4, 0.5) is 20.3 Å². The van der Waals surface area contributed by atoms with Crippen LogP contribution in [0.2, 0.25) is 0 Å². The second kappa shape index (κ2) is 17.1. The van der Waals surface area contributed by atoms with Gasteiger partial charge in [-0.1, -0.05) is 6.07 Å². The summed E-state index contributed by atoms with van der Waals surface area (Å²) in [7, 11) is 1.69. The average Bonchev–Trinajstić information content (AvgIpc) is 3.92. The number of rotatable bonds is 14. The molecule has 3 amide bonds. The second-order valence-corrected chi connectivity index (χ2v) is 15.0. The van der Waals surface area contributed by atoms with Crippen LogP contribution in [-0.2, 0) is 32.5 Å². The molecule has 7 heterocycles. The first-order valence-electron chi connectivity index (χ1n) is 19.8. The fourth-order valence-corrected chi connectivity index (χ4v) is 8.10. The summed E-state index contributed by atoms with van der Waals surface area (Å²) in [5.41, 5.74) is 2.18.